The number of hydrogen-bond acceptors (Lipinski definition) is 2. The van der Waals surface area contributed by atoms with Gasteiger partial charge in [-0.1, -0.05) is 37.3 Å². The van der Waals surface area contributed by atoms with Crippen molar-refractivity contribution in [1.82, 2.24) is 10.6 Å². The van der Waals surface area contributed by atoms with Crippen molar-refractivity contribution in [3.63, 3.8) is 0 Å². The SMILES string of the molecule is CC1CCC(C(=O)N[C@]2(c3ccccc3)CCCNC2)CC1. The van der Waals surface area contributed by atoms with Crippen molar-refractivity contribution in [1.29, 1.82) is 0 Å². The van der Waals surface area contributed by atoms with Gasteiger partial charge in [0.25, 0.3) is 0 Å². The fraction of sp³-hybridized carbons (Fsp3) is 0.632. The van der Waals surface area contributed by atoms with Gasteiger partial charge in [0.1, 0.15) is 0 Å². The van der Waals surface area contributed by atoms with Crippen LogP contribution >= 0.6 is 0 Å². The molecule has 1 aromatic rings. The van der Waals surface area contributed by atoms with Gasteiger partial charge in [-0.05, 0) is 56.6 Å². The number of amides is 1. The Morgan fingerprint density at radius 3 is 2.55 bits per heavy atom. The molecule has 0 unspecified atom stereocenters. The Morgan fingerprint density at radius 1 is 1.18 bits per heavy atom. The predicted octanol–water partition coefficient (Wildman–Crippen LogP) is 3.21. The van der Waals surface area contributed by atoms with E-state index in [1.165, 1.54) is 18.4 Å². The molecule has 1 aliphatic heterocycles. The van der Waals surface area contributed by atoms with Crippen molar-refractivity contribution < 1.29 is 4.79 Å². The molecule has 0 bridgehead atoms. The van der Waals surface area contributed by atoms with E-state index in [4.69, 9.17) is 0 Å². The average molecular weight is 300 g/mol. The largest absolute Gasteiger partial charge is 0.345 e. The lowest BCUT2D eigenvalue weighted by atomic mass is 9.79. The molecule has 3 heteroatoms. The zero-order valence-corrected chi connectivity index (χ0v) is 13.6. The van der Waals surface area contributed by atoms with E-state index in [1.54, 1.807) is 0 Å². The van der Waals surface area contributed by atoms with Crippen LogP contribution < -0.4 is 10.6 Å². The standard InChI is InChI=1S/C19H28N2O/c1-15-8-10-16(11-9-15)18(22)21-19(12-5-13-20-14-19)17-6-3-2-4-7-17/h2-4,6-7,15-16,20H,5,8-14H2,1H3,(H,21,22)/t15?,16?,19-/m1/s1. The van der Waals surface area contributed by atoms with Crippen LogP contribution in [0, 0.1) is 11.8 Å². The third-order valence-corrected chi connectivity index (χ3v) is 5.46. The predicted molar refractivity (Wildman–Crippen MR) is 89.5 cm³/mol. The van der Waals surface area contributed by atoms with Crippen molar-refractivity contribution in [2.75, 3.05) is 13.1 Å². The smallest absolute Gasteiger partial charge is 0.223 e. The molecule has 2 N–H and O–H groups in total. The van der Waals surface area contributed by atoms with E-state index in [1.807, 2.05) is 6.07 Å². The number of hydrogen-bond donors (Lipinski definition) is 2. The molecule has 1 aromatic carbocycles. The highest BCUT2D eigenvalue weighted by atomic mass is 16.2. The van der Waals surface area contributed by atoms with Gasteiger partial charge in [-0.2, -0.15) is 0 Å². The molecule has 22 heavy (non-hydrogen) atoms. The summed E-state index contributed by atoms with van der Waals surface area (Å²) >= 11 is 0. The van der Waals surface area contributed by atoms with Crippen LogP contribution in [0.4, 0.5) is 0 Å². The van der Waals surface area contributed by atoms with Gasteiger partial charge in [-0.25, -0.2) is 0 Å². The van der Waals surface area contributed by atoms with Crippen molar-refractivity contribution in [2.24, 2.45) is 11.8 Å². The summed E-state index contributed by atoms with van der Waals surface area (Å²) in [5.41, 5.74) is 1.01. The highest BCUT2D eigenvalue weighted by Crippen LogP contribution is 2.32. The summed E-state index contributed by atoms with van der Waals surface area (Å²) in [6.45, 7) is 4.18. The highest BCUT2D eigenvalue weighted by Gasteiger charge is 2.37. The number of carbonyl (C=O) groups excluding carboxylic acids is 1. The summed E-state index contributed by atoms with van der Waals surface area (Å²) in [5, 5.41) is 6.91. The first-order chi connectivity index (χ1) is 10.7. The minimum atomic E-state index is -0.223. The van der Waals surface area contributed by atoms with Crippen LogP contribution in [0.5, 0.6) is 0 Å². The second kappa shape index (κ2) is 6.82. The summed E-state index contributed by atoms with van der Waals surface area (Å²) in [7, 11) is 0. The van der Waals surface area contributed by atoms with Crippen LogP contribution in [0.3, 0.4) is 0 Å². The maximum atomic E-state index is 12.8. The molecule has 1 saturated heterocycles. The minimum Gasteiger partial charge on any atom is -0.345 e. The van der Waals surface area contributed by atoms with Crippen LogP contribution in [-0.4, -0.2) is 19.0 Å². The first-order valence-electron chi connectivity index (χ1n) is 8.78. The van der Waals surface area contributed by atoms with Crippen LogP contribution in [0.1, 0.15) is 51.0 Å². The third-order valence-electron chi connectivity index (χ3n) is 5.46. The van der Waals surface area contributed by atoms with E-state index >= 15 is 0 Å². The third kappa shape index (κ3) is 3.35. The zero-order valence-electron chi connectivity index (χ0n) is 13.6. The topological polar surface area (TPSA) is 41.1 Å². The van der Waals surface area contributed by atoms with Gasteiger partial charge < -0.3 is 10.6 Å². The van der Waals surface area contributed by atoms with Crippen LogP contribution in [0.15, 0.2) is 30.3 Å². The van der Waals surface area contributed by atoms with Gasteiger partial charge in [-0.3, -0.25) is 4.79 Å². The van der Waals surface area contributed by atoms with E-state index in [9.17, 15) is 4.79 Å². The maximum absolute atomic E-state index is 12.8. The lowest BCUT2D eigenvalue weighted by Crippen LogP contribution is -2.56. The maximum Gasteiger partial charge on any atom is 0.223 e. The molecule has 2 aliphatic rings. The molecule has 3 nitrogen and oxygen atoms in total. The summed E-state index contributed by atoms with van der Waals surface area (Å²) in [6, 6.07) is 10.5. The number of benzene rings is 1. The average Bonchev–Trinajstić information content (AvgIpc) is 2.57. The van der Waals surface area contributed by atoms with Crippen LogP contribution in [0.25, 0.3) is 0 Å². The molecule has 1 saturated carbocycles. The molecule has 3 rings (SSSR count). The van der Waals surface area contributed by atoms with Gasteiger partial charge in [0.05, 0.1) is 5.54 Å². The summed E-state index contributed by atoms with van der Waals surface area (Å²) in [5.74, 6) is 1.25. The Labute approximate surface area is 133 Å². The lowest BCUT2D eigenvalue weighted by Gasteiger charge is -2.40. The van der Waals surface area contributed by atoms with Crippen LogP contribution in [0.2, 0.25) is 0 Å². The molecule has 0 spiro atoms. The Balaban J connectivity index is 1.74. The lowest BCUT2D eigenvalue weighted by molar-refractivity contribution is -0.128. The molecule has 1 heterocycles. The summed E-state index contributed by atoms with van der Waals surface area (Å²) < 4.78 is 0. The normalized spacial score (nSPS) is 32.4. The number of rotatable bonds is 3. The Hall–Kier alpha value is -1.35. The second-order valence-corrected chi connectivity index (χ2v) is 7.17. The van der Waals surface area contributed by atoms with Crippen molar-refractivity contribution >= 4 is 5.91 Å². The van der Waals surface area contributed by atoms with E-state index in [0.717, 1.165) is 44.7 Å². The first kappa shape index (κ1) is 15.5. The molecular formula is C19H28N2O. The van der Waals surface area contributed by atoms with E-state index in [-0.39, 0.29) is 17.4 Å². The van der Waals surface area contributed by atoms with Gasteiger partial charge in [0.15, 0.2) is 0 Å². The van der Waals surface area contributed by atoms with Gasteiger partial charge in [0, 0.05) is 12.5 Å². The molecule has 120 valence electrons. The monoisotopic (exact) mass is 300 g/mol. The Kier molecular flexibility index (Phi) is 4.82. The molecule has 0 radical (unpaired) electrons. The van der Waals surface area contributed by atoms with Gasteiger partial charge in [-0.15, -0.1) is 0 Å². The van der Waals surface area contributed by atoms with Crippen LogP contribution in [-0.2, 0) is 10.3 Å². The Bertz CT molecular complexity index is 485. The van der Waals surface area contributed by atoms with E-state index in [2.05, 4.69) is 41.8 Å². The fourth-order valence-corrected chi connectivity index (χ4v) is 3.95. The first-order valence-corrected chi connectivity index (χ1v) is 8.78. The molecule has 1 atom stereocenters. The molecule has 0 aromatic heterocycles. The zero-order chi connectivity index (χ0) is 15.4. The number of carbonyl (C=O) groups is 1. The van der Waals surface area contributed by atoms with E-state index < -0.39 is 0 Å². The van der Waals surface area contributed by atoms with Crippen molar-refractivity contribution in [2.45, 2.75) is 51.0 Å². The minimum absolute atomic E-state index is 0.207. The number of nitrogens with one attached hydrogen (secondary N) is 2. The van der Waals surface area contributed by atoms with Crippen molar-refractivity contribution in [3.05, 3.63) is 35.9 Å². The van der Waals surface area contributed by atoms with Crippen molar-refractivity contribution in [3.8, 4) is 0 Å². The van der Waals surface area contributed by atoms with E-state index in [0.29, 0.717) is 0 Å². The fourth-order valence-electron chi connectivity index (χ4n) is 3.95. The summed E-state index contributed by atoms with van der Waals surface area (Å²) in [6.07, 6.45) is 6.61. The van der Waals surface area contributed by atoms with Gasteiger partial charge in [0.2, 0.25) is 5.91 Å². The quantitative estimate of drug-likeness (QED) is 0.900. The molecule has 2 fully saturated rings. The highest BCUT2D eigenvalue weighted by molar-refractivity contribution is 5.79. The molecular weight excluding hydrogens is 272 g/mol. The molecule has 1 aliphatic carbocycles. The second-order valence-electron chi connectivity index (χ2n) is 7.17. The number of piperidine rings is 1. The Morgan fingerprint density at radius 2 is 1.91 bits per heavy atom. The summed E-state index contributed by atoms with van der Waals surface area (Å²) in [4.78, 5) is 12.8. The van der Waals surface area contributed by atoms with Gasteiger partial charge >= 0.3 is 0 Å². The molecule has 1 amide bonds.